The quantitative estimate of drug-likeness (QED) is 0.406. The van der Waals surface area contributed by atoms with Gasteiger partial charge in [0.25, 0.3) is 5.91 Å². The highest BCUT2D eigenvalue weighted by molar-refractivity contribution is 6.09. The third-order valence-corrected chi connectivity index (χ3v) is 6.15. The number of hydrogen-bond donors (Lipinski definition) is 1. The largest absolute Gasteiger partial charge is 0.503 e. The first-order valence-corrected chi connectivity index (χ1v) is 12.1. The van der Waals surface area contributed by atoms with Gasteiger partial charge in [-0.05, 0) is 61.2 Å². The van der Waals surface area contributed by atoms with Crippen LogP contribution in [0.1, 0.15) is 43.0 Å². The lowest BCUT2D eigenvalue weighted by Gasteiger charge is -2.27. The number of hydrogen-bond acceptors (Lipinski definition) is 5. The van der Waals surface area contributed by atoms with E-state index in [-0.39, 0.29) is 30.4 Å². The van der Waals surface area contributed by atoms with Crippen molar-refractivity contribution in [3.05, 3.63) is 107 Å². The Kier molecular flexibility index (Phi) is 7.74. The lowest BCUT2D eigenvalue weighted by atomic mass is 9.93. The number of amides is 1. The fourth-order valence-electron chi connectivity index (χ4n) is 4.44. The molecule has 3 aromatic rings. The smallest absolute Gasteiger partial charge is 0.290 e. The van der Waals surface area contributed by atoms with Gasteiger partial charge in [0.15, 0.2) is 11.5 Å². The van der Waals surface area contributed by atoms with Crippen LogP contribution in [0.2, 0.25) is 0 Å². The summed E-state index contributed by atoms with van der Waals surface area (Å²) >= 11 is 0. The molecule has 0 saturated heterocycles. The molecular formula is C30H31NO5. The van der Waals surface area contributed by atoms with Crippen molar-refractivity contribution < 1.29 is 24.2 Å². The summed E-state index contributed by atoms with van der Waals surface area (Å²) in [5, 5.41) is 10.9. The minimum Gasteiger partial charge on any atom is -0.503 e. The fraction of sp³-hybridized carbons (Fsp3) is 0.267. The third kappa shape index (κ3) is 5.60. The topological polar surface area (TPSA) is 76.1 Å². The lowest BCUT2D eigenvalue weighted by Crippen LogP contribution is -2.30. The van der Waals surface area contributed by atoms with Crippen molar-refractivity contribution >= 4 is 11.7 Å². The summed E-state index contributed by atoms with van der Waals surface area (Å²) in [5.74, 6) is 0.0547. The summed E-state index contributed by atoms with van der Waals surface area (Å²) in [6.45, 7) is 4.10. The Labute approximate surface area is 211 Å². The molecule has 1 unspecified atom stereocenters. The Hall–Kier alpha value is -4.06. The van der Waals surface area contributed by atoms with Gasteiger partial charge in [-0.15, -0.1) is 0 Å². The zero-order chi connectivity index (χ0) is 25.7. The molecule has 186 valence electrons. The highest BCUT2D eigenvalue weighted by Gasteiger charge is 2.43. The predicted molar refractivity (Wildman–Crippen MR) is 138 cm³/mol. The molecule has 3 aromatic carbocycles. The Balaban J connectivity index is 1.68. The molecule has 6 nitrogen and oxygen atoms in total. The zero-order valence-electron chi connectivity index (χ0n) is 20.8. The van der Waals surface area contributed by atoms with E-state index in [1.165, 1.54) is 0 Å². The second kappa shape index (κ2) is 11.1. The number of methoxy groups -OCH3 is 1. The summed E-state index contributed by atoms with van der Waals surface area (Å²) in [6, 6.07) is 23.7. The normalized spacial score (nSPS) is 15.5. The number of nitrogens with zero attached hydrogens (tertiary/aromatic N) is 1. The number of ether oxygens (including phenoxy) is 2. The molecule has 6 heteroatoms. The van der Waals surface area contributed by atoms with E-state index < -0.39 is 17.7 Å². The number of rotatable bonds is 10. The maximum absolute atomic E-state index is 13.5. The average Bonchev–Trinajstić information content (AvgIpc) is 3.13. The molecule has 0 aliphatic carbocycles. The summed E-state index contributed by atoms with van der Waals surface area (Å²) in [4.78, 5) is 28.3. The van der Waals surface area contributed by atoms with Crippen LogP contribution in [-0.4, -0.2) is 34.9 Å². The minimum atomic E-state index is -0.724. The molecular weight excluding hydrogens is 454 g/mol. The number of carbonyl (C=O) groups is 2. The molecule has 1 N–H and O–H groups in total. The molecule has 0 fully saturated rings. The first kappa shape index (κ1) is 25.0. The van der Waals surface area contributed by atoms with Gasteiger partial charge in [-0.1, -0.05) is 54.6 Å². The van der Waals surface area contributed by atoms with Crippen LogP contribution in [0.5, 0.6) is 11.5 Å². The van der Waals surface area contributed by atoms with Gasteiger partial charge in [-0.2, -0.15) is 0 Å². The van der Waals surface area contributed by atoms with Gasteiger partial charge in [0, 0.05) is 13.0 Å². The molecule has 0 saturated carbocycles. The van der Waals surface area contributed by atoms with E-state index >= 15 is 0 Å². The van der Waals surface area contributed by atoms with E-state index in [2.05, 4.69) is 0 Å². The number of aliphatic hydroxyl groups is 1. The van der Waals surface area contributed by atoms with Crippen molar-refractivity contribution in [3.8, 4) is 11.5 Å². The van der Waals surface area contributed by atoms with Crippen molar-refractivity contribution in [2.24, 2.45) is 0 Å². The Morgan fingerprint density at radius 3 is 2.33 bits per heavy atom. The fourth-order valence-corrected chi connectivity index (χ4v) is 4.44. The second-order valence-electron chi connectivity index (χ2n) is 9.09. The summed E-state index contributed by atoms with van der Waals surface area (Å²) in [6.07, 6.45) is 0.676. The van der Waals surface area contributed by atoms with Gasteiger partial charge >= 0.3 is 0 Å². The van der Waals surface area contributed by atoms with Crippen LogP contribution in [0, 0.1) is 0 Å². The summed E-state index contributed by atoms with van der Waals surface area (Å²) < 4.78 is 11.1. The Morgan fingerprint density at radius 1 is 0.944 bits per heavy atom. The zero-order valence-corrected chi connectivity index (χ0v) is 20.8. The molecule has 0 aromatic heterocycles. The minimum absolute atomic E-state index is 0.0308. The van der Waals surface area contributed by atoms with Crippen molar-refractivity contribution in [2.75, 3.05) is 7.11 Å². The number of Topliss-reactive ketones (excluding diaryl/α,β-unsaturated/α-hetero) is 1. The number of aryl methyl sites for hydroxylation is 1. The first-order chi connectivity index (χ1) is 17.4. The average molecular weight is 486 g/mol. The van der Waals surface area contributed by atoms with Crippen LogP contribution in [0.4, 0.5) is 0 Å². The molecule has 0 radical (unpaired) electrons. The van der Waals surface area contributed by atoms with E-state index in [4.69, 9.17) is 9.47 Å². The van der Waals surface area contributed by atoms with Crippen LogP contribution in [0.15, 0.2) is 90.2 Å². The standard InChI is InChI=1S/C30H31NO5/c1-20(2)36-25-11-7-10-23(18-25)28-27(26(32)17-14-21-8-5-4-6-9-21)29(33)30(34)31(28)19-22-12-15-24(35-3)16-13-22/h4-13,15-16,18,20,28,33H,14,17,19H2,1-3H3. The van der Waals surface area contributed by atoms with Crippen LogP contribution in [-0.2, 0) is 22.6 Å². The van der Waals surface area contributed by atoms with Gasteiger partial charge in [-0.3, -0.25) is 9.59 Å². The Bertz CT molecular complexity index is 1250. The maximum atomic E-state index is 13.5. The summed E-state index contributed by atoms with van der Waals surface area (Å²) in [7, 11) is 1.59. The van der Waals surface area contributed by atoms with Crippen molar-refractivity contribution in [2.45, 2.75) is 45.4 Å². The van der Waals surface area contributed by atoms with Gasteiger partial charge in [-0.25, -0.2) is 0 Å². The van der Waals surface area contributed by atoms with Crippen LogP contribution in [0.25, 0.3) is 0 Å². The SMILES string of the molecule is COc1ccc(CN2C(=O)C(O)=C(C(=O)CCc3ccccc3)C2c2cccc(OC(C)C)c2)cc1. The highest BCUT2D eigenvalue weighted by Crippen LogP contribution is 2.40. The van der Waals surface area contributed by atoms with Crippen LogP contribution in [0.3, 0.4) is 0 Å². The van der Waals surface area contributed by atoms with Gasteiger partial charge < -0.3 is 19.5 Å². The molecule has 0 spiro atoms. The highest BCUT2D eigenvalue weighted by atomic mass is 16.5. The number of carbonyl (C=O) groups excluding carboxylic acids is 2. The van der Waals surface area contributed by atoms with E-state index in [1.54, 1.807) is 12.0 Å². The van der Waals surface area contributed by atoms with E-state index in [1.807, 2.05) is 92.7 Å². The summed E-state index contributed by atoms with van der Waals surface area (Å²) in [5.41, 5.74) is 2.72. The Morgan fingerprint density at radius 2 is 1.67 bits per heavy atom. The second-order valence-corrected chi connectivity index (χ2v) is 9.09. The molecule has 1 heterocycles. The molecule has 1 aliphatic heterocycles. The molecule has 36 heavy (non-hydrogen) atoms. The molecule has 0 bridgehead atoms. The first-order valence-electron chi connectivity index (χ1n) is 12.1. The lowest BCUT2D eigenvalue weighted by molar-refractivity contribution is -0.130. The molecule has 1 aliphatic rings. The van der Waals surface area contributed by atoms with Gasteiger partial charge in [0.05, 0.1) is 24.8 Å². The monoisotopic (exact) mass is 485 g/mol. The van der Waals surface area contributed by atoms with Gasteiger partial charge in [0.2, 0.25) is 0 Å². The number of ketones is 1. The number of benzene rings is 3. The molecule has 1 amide bonds. The molecule has 4 rings (SSSR count). The number of aliphatic hydroxyl groups excluding tert-OH is 1. The van der Waals surface area contributed by atoms with E-state index in [0.717, 1.165) is 11.1 Å². The van der Waals surface area contributed by atoms with Crippen LogP contribution < -0.4 is 9.47 Å². The third-order valence-electron chi connectivity index (χ3n) is 6.15. The van der Waals surface area contributed by atoms with Crippen molar-refractivity contribution in [1.29, 1.82) is 0 Å². The van der Waals surface area contributed by atoms with E-state index in [0.29, 0.717) is 23.5 Å². The van der Waals surface area contributed by atoms with E-state index in [9.17, 15) is 14.7 Å². The van der Waals surface area contributed by atoms with Crippen molar-refractivity contribution in [3.63, 3.8) is 0 Å². The van der Waals surface area contributed by atoms with Crippen LogP contribution >= 0.6 is 0 Å². The van der Waals surface area contributed by atoms with Gasteiger partial charge in [0.1, 0.15) is 11.5 Å². The van der Waals surface area contributed by atoms with Crippen molar-refractivity contribution in [1.82, 2.24) is 4.90 Å². The molecule has 1 atom stereocenters. The maximum Gasteiger partial charge on any atom is 0.290 e. The predicted octanol–water partition coefficient (Wildman–Crippen LogP) is 5.58.